The number of hydrogen-bond acceptors (Lipinski definition) is 6. The first kappa shape index (κ1) is 17.1. The highest BCUT2D eigenvalue weighted by molar-refractivity contribution is 7.91. The predicted octanol–water partition coefficient (Wildman–Crippen LogP) is 0.759. The maximum absolute atomic E-state index is 12.5. The molecule has 7 nitrogen and oxygen atoms in total. The summed E-state index contributed by atoms with van der Waals surface area (Å²) in [4.78, 5) is 12.1. The van der Waals surface area contributed by atoms with E-state index in [0.717, 1.165) is 30.6 Å². The van der Waals surface area contributed by atoms with Crippen LogP contribution in [0.15, 0.2) is 28.6 Å². The zero-order valence-corrected chi connectivity index (χ0v) is 14.4. The first-order valence-corrected chi connectivity index (χ1v) is 9.73. The molecule has 3 rings (SSSR count). The lowest BCUT2D eigenvalue weighted by atomic mass is 9.94. The van der Waals surface area contributed by atoms with Crippen molar-refractivity contribution in [3.63, 3.8) is 0 Å². The zero-order chi connectivity index (χ0) is 17.2. The van der Waals surface area contributed by atoms with E-state index in [-0.39, 0.29) is 9.47 Å². The van der Waals surface area contributed by atoms with Gasteiger partial charge in [-0.3, -0.25) is 10.1 Å². The summed E-state index contributed by atoms with van der Waals surface area (Å²) in [6, 6.07) is 6.47. The molecule has 0 saturated carbocycles. The van der Waals surface area contributed by atoms with Crippen molar-refractivity contribution in [2.24, 2.45) is 0 Å². The predicted molar refractivity (Wildman–Crippen MR) is 92.3 cm³/mol. The molecule has 0 bridgehead atoms. The average Bonchev–Trinajstić information content (AvgIpc) is 3.05. The van der Waals surface area contributed by atoms with E-state index in [2.05, 4.69) is 15.5 Å². The minimum Gasteiger partial charge on any atom is -0.296 e. The van der Waals surface area contributed by atoms with Crippen molar-refractivity contribution in [3.05, 3.63) is 29.8 Å². The van der Waals surface area contributed by atoms with E-state index in [0.29, 0.717) is 24.1 Å². The number of amides is 1. The number of piperidine rings is 1. The summed E-state index contributed by atoms with van der Waals surface area (Å²) < 4.78 is 26.3. The van der Waals surface area contributed by atoms with Gasteiger partial charge in [-0.25, -0.2) is 8.42 Å². The van der Waals surface area contributed by atoms with Crippen LogP contribution in [0.5, 0.6) is 0 Å². The topological polar surface area (TPSA) is 92.3 Å². The minimum atomic E-state index is -3.64. The Balaban J connectivity index is 1.74. The lowest BCUT2D eigenvalue weighted by Gasteiger charge is -2.24. The number of benzene rings is 1. The number of nitrogens with zero attached hydrogens (tertiary/aromatic N) is 3. The van der Waals surface area contributed by atoms with Gasteiger partial charge in [0.2, 0.25) is 9.47 Å². The summed E-state index contributed by atoms with van der Waals surface area (Å²) in [5.41, 5.74) is 0.832. The summed E-state index contributed by atoms with van der Waals surface area (Å²) in [6.07, 6.45) is 2.72. The molecule has 0 atom stereocenters. The second kappa shape index (κ2) is 7.00. The van der Waals surface area contributed by atoms with E-state index in [4.69, 9.17) is 7.85 Å². The highest BCUT2D eigenvalue weighted by Crippen LogP contribution is 2.25. The second-order valence-electron chi connectivity index (χ2n) is 5.42. The fraction of sp³-hybridized carbons (Fsp3) is 0.357. The molecule has 1 fully saturated rings. The van der Waals surface area contributed by atoms with Crippen LogP contribution in [0, 0.1) is 0 Å². The fourth-order valence-corrected chi connectivity index (χ4v) is 4.98. The molecule has 1 aliphatic heterocycles. The quantitative estimate of drug-likeness (QED) is 0.640. The average molecular weight is 362 g/mol. The number of sulfonamides is 1. The van der Waals surface area contributed by atoms with Crippen LogP contribution in [0.3, 0.4) is 0 Å². The Labute approximate surface area is 145 Å². The number of hydrogen-bond donors (Lipinski definition) is 1. The molecule has 1 aliphatic rings. The molecule has 1 N–H and O–H groups in total. The van der Waals surface area contributed by atoms with Gasteiger partial charge in [-0.15, -0.1) is 10.2 Å². The molecular weight excluding hydrogens is 347 g/mol. The van der Waals surface area contributed by atoms with Crippen LogP contribution in [-0.4, -0.2) is 49.8 Å². The largest absolute Gasteiger partial charge is 0.296 e. The van der Waals surface area contributed by atoms with Crippen molar-refractivity contribution in [2.45, 2.75) is 23.6 Å². The number of rotatable bonds is 4. The van der Waals surface area contributed by atoms with E-state index in [1.165, 1.54) is 10.4 Å². The first-order valence-electron chi connectivity index (χ1n) is 7.47. The molecule has 24 heavy (non-hydrogen) atoms. The van der Waals surface area contributed by atoms with Gasteiger partial charge in [0, 0.05) is 18.7 Å². The van der Waals surface area contributed by atoms with E-state index in [1.54, 1.807) is 18.2 Å². The van der Waals surface area contributed by atoms with Crippen LogP contribution >= 0.6 is 11.3 Å². The number of carbonyl (C=O) groups excluding carboxylic acids is 1. The Kier molecular flexibility index (Phi) is 4.97. The molecule has 1 saturated heterocycles. The molecule has 10 heteroatoms. The Morgan fingerprint density at radius 2 is 1.96 bits per heavy atom. The Bertz CT molecular complexity index is 847. The molecule has 2 aromatic rings. The minimum absolute atomic E-state index is 0.104. The molecule has 0 spiro atoms. The number of nitrogens with one attached hydrogen (secondary N) is 1. The maximum atomic E-state index is 12.5. The van der Waals surface area contributed by atoms with Crippen molar-refractivity contribution in [1.29, 1.82) is 0 Å². The molecule has 1 amide bonds. The van der Waals surface area contributed by atoms with Crippen LogP contribution in [0.25, 0.3) is 0 Å². The van der Waals surface area contributed by atoms with Gasteiger partial charge < -0.3 is 0 Å². The third-order valence-electron chi connectivity index (χ3n) is 3.65. The summed E-state index contributed by atoms with van der Waals surface area (Å²) in [5.74, 6) is -0.416. The van der Waals surface area contributed by atoms with Crippen LogP contribution < -0.4 is 10.8 Å². The van der Waals surface area contributed by atoms with Crippen LogP contribution in [0.2, 0.25) is 0 Å². The monoisotopic (exact) mass is 362 g/mol. The summed E-state index contributed by atoms with van der Waals surface area (Å²) in [6.45, 7) is 0.986. The van der Waals surface area contributed by atoms with Crippen molar-refractivity contribution in [2.75, 3.05) is 18.4 Å². The van der Waals surface area contributed by atoms with Gasteiger partial charge in [0.1, 0.15) is 7.85 Å². The van der Waals surface area contributed by atoms with E-state index < -0.39 is 15.9 Å². The Hall–Kier alpha value is -1.78. The van der Waals surface area contributed by atoms with Crippen molar-refractivity contribution in [3.8, 4) is 0 Å². The molecule has 0 aliphatic carbocycles. The molecule has 2 radical (unpaired) electrons. The van der Waals surface area contributed by atoms with Gasteiger partial charge in [0.05, 0.1) is 0 Å². The third-order valence-corrected chi connectivity index (χ3v) is 6.73. The van der Waals surface area contributed by atoms with Crippen LogP contribution in [0.4, 0.5) is 5.13 Å². The molecule has 1 aromatic carbocycles. The number of aromatic nitrogens is 2. The number of anilines is 1. The molecule has 1 aromatic heterocycles. The zero-order valence-electron chi connectivity index (χ0n) is 12.8. The molecule has 124 valence electrons. The third kappa shape index (κ3) is 3.65. The van der Waals surface area contributed by atoms with Gasteiger partial charge in [-0.1, -0.05) is 41.4 Å². The van der Waals surface area contributed by atoms with Gasteiger partial charge in [0.15, 0.2) is 0 Å². The van der Waals surface area contributed by atoms with Crippen molar-refractivity contribution < 1.29 is 13.2 Å². The summed E-state index contributed by atoms with van der Waals surface area (Å²) in [5, 5.41) is 10.2. The standard InChI is InChI=1S/C14H15BN4O3S2/c15-11-6-4-5-10(9-11)12(20)16-13-17-18-14(23-13)24(21,22)19-7-2-1-3-8-19/h4-6,9H,1-3,7-8H2,(H,16,17,20). The lowest BCUT2D eigenvalue weighted by Crippen LogP contribution is -2.35. The lowest BCUT2D eigenvalue weighted by molar-refractivity contribution is 0.102. The van der Waals surface area contributed by atoms with E-state index in [9.17, 15) is 13.2 Å². The van der Waals surface area contributed by atoms with E-state index in [1.807, 2.05) is 0 Å². The summed E-state index contributed by atoms with van der Waals surface area (Å²) in [7, 11) is 2.00. The smallest absolute Gasteiger partial charge is 0.272 e. The highest BCUT2D eigenvalue weighted by Gasteiger charge is 2.29. The first-order chi connectivity index (χ1) is 11.5. The Morgan fingerprint density at radius 3 is 2.67 bits per heavy atom. The van der Waals surface area contributed by atoms with Crippen molar-refractivity contribution in [1.82, 2.24) is 14.5 Å². The van der Waals surface area contributed by atoms with Gasteiger partial charge >= 0.3 is 0 Å². The van der Waals surface area contributed by atoms with E-state index >= 15 is 0 Å². The maximum Gasteiger partial charge on any atom is 0.272 e. The summed E-state index contributed by atoms with van der Waals surface area (Å²) >= 11 is 0.846. The van der Waals surface area contributed by atoms with Crippen LogP contribution in [-0.2, 0) is 10.0 Å². The molecular formula is C14H15BN4O3S2. The second-order valence-corrected chi connectivity index (χ2v) is 8.51. The van der Waals surface area contributed by atoms with Gasteiger partial charge in [-0.2, -0.15) is 4.31 Å². The highest BCUT2D eigenvalue weighted by atomic mass is 32.2. The fourth-order valence-electron chi connectivity index (χ4n) is 2.43. The molecule has 2 heterocycles. The SMILES string of the molecule is [B]c1cccc(C(=O)Nc2nnc(S(=O)(=O)N3CCCCC3)s2)c1. The van der Waals surface area contributed by atoms with Gasteiger partial charge in [-0.05, 0) is 18.9 Å². The van der Waals surface area contributed by atoms with Gasteiger partial charge in [0.25, 0.3) is 15.9 Å². The normalized spacial score (nSPS) is 16.0. The van der Waals surface area contributed by atoms with Crippen molar-refractivity contribution >= 4 is 45.7 Å². The number of carbonyl (C=O) groups is 1. The molecule has 0 unspecified atom stereocenters. The van der Waals surface area contributed by atoms with Crippen LogP contribution in [0.1, 0.15) is 29.6 Å². The Morgan fingerprint density at radius 1 is 1.21 bits per heavy atom.